The average molecular weight is 572 g/mol. The molecule has 220 valence electrons. The minimum Gasteiger partial charge on any atom is -0.507 e. The number of ether oxygens (including phenoxy) is 3. The zero-order chi connectivity index (χ0) is 30.2. The number of aromatic hydroxyl groups is 1. The highest BCUT2D eigenvalue weighted by Crippen LogP contribution is 2.55. The molecule has 1 aliphatic carbocycles. The van der Waals surface area contributed by atoms with Crippen molar-refractivity contribution in [3.8, 4) is 23.0 Å². The molecule has 3 aromatic rings. The first-order valence-electron chi connectivity index (χ1n) is 14.0. The molecule has 3 aromatic carbocycles. The number of hydrogen-bond acceptors (Lipinski definition) is 7. The lowest BCUT2D eigenvalue weighted by Gasteiger charge is -2.55. The van der Waals surface area contributed by atoms with E-state index >= 15 is 0 Å². The van der Waals surface area contributed by atoms with Gasteiger partial charge in [0, 0.05) is 18.1 Å². The van der Waals surface area contributed by atoms with E-state index in [1.807, 2.05) is 24.3 Å². The number of nitro groups is 1. The molecule has 2 N–H and O–H groups in total. The first-order chi connectivity index (χ1) is 19.9. The van der Waals surface area contributed by atoms with Crippen LogP contribution in [0.5, 0.6) is 23.0 Å². The highest BCUT2D eigenvalue weighted by Gasteiger charge is 2.54. The van der Waals surface area contributed by atoms with Gasteiger partial charge >= 0.3 is 0 Å². The van der Waals surface area contributed by atoms with E-state index in [-0.39, 0.29) is 34.5 Å². The molecule has 0 aromatic heterocycles. The maximum absolute atomic E-state index is 10.9. The van der Waals surface area contributed by atoms with Gasteiger partial charge in [-0.2, -0.15) is 0 Å². The molecule has 8 heteroatoms. The highest BCUT2D eigenvalue weighted by molar-refractivity contribution is 5.79. The first-order valence-corrected chi connectivity index (χ1v) is 14.0. The Kier molecular flexibility index (Phi) is 7.77. The molecule has 0 saturated heterocycles. The van der Waals surface area contributed by atoms with Gasteiger partial charge in [-0.1, -0.05) is 32.1 Å². The molecule has 0 radical (unpaired) electrons. The Labute approximate surface area is 246 Å². The van der Waals surface area contributed by atoms with Crippen molar-refractivity contribution in [1.29, 1.82) is 0 Å². The Bertz CT molecular complexity index is 1560. The fourth-order valence-electron chi connectivity index (χ4n) is 6.39. The molecule has 42 heavy (non-hydrogen) atoms. The van der Waals surface area contributed by atoms with Gasteiger partial charge in [0.15, 0.2) is 11.5 Å². The largest absolute Gasteiger partial charge is 0.507 e. The van der Waals surface area contributed by atoms with Crippen molar-refractivity contribution in [2.24, 2.45) is 11.3 Å². The number of aliphatic hydroxyl groups is 1. The first kappa shape index (κ1) is 29.2. The van der Waals surface area contributed by atoms with Crippen molar-refractivity contribution in [2.45, 2.75) is 51.7 Å². The zero-order valence-electron chi connectivity index (χ0n) is 24.6. The Balaban J connectivity index is 1.41. The number of benzene rings is 3. The Hall–Kier alpha value is -4.30. The summed E-state index contributed by atoms with van der Waals surface area (Å²) in [7, 11) is 3.18. The minimum atomic E-state index is -0.444. The van der Waals surface area contributed by atoms with Crippen molar-refractivity contribution in [3.63, 3.8) is 0 Å². The summed E-state index contributed by atoms with van der Waals surface area (Å²) < 4.78 is 17.9. The third-order valence-electron chi connectivity index (χ3n) is 8.92. The number of fused-ring (bicyclic) bond motifs is 2. The van der Waals surface area contributed by atoms with E-state index in [9.17, 15) is 20.3 Å². The Morgan fingerprint density at radius 1 is 0.929 bits per heavy atom. The lowest BCUT2D eigenvalue weighted by atomic mass is 9.57. The van der Waals surface area contributed by atoms with Gasteiger partial charge in [0.05, 0.1) is 30.8 Å². The smallest absolute Gasteiger partial charge is 0.269 e. The molecule has 8 nitrogen and oxygen atoms in total. The number of nitrogens with zero attached hydrogens (tertiary/aromatic N) is 1. The Morgan fingerprint density at radius 3 is 2.19 bits per heavy atom. The van der Waals surface area contributed by atoms with Crippen LogP contribution in [0.3, 0.4) is 0 Å². The molecular formula is C34H37NO7. The van der Waals surface area contributed by atoms with Crippen molar-refractivity contribution in [2.75, 3.05) is 14.2 Å². The molecule has 1 heterocycles. The molecule has 5 rings (SSSR count). The monoisotopic (exact) mass is 571 g/mol. The van der Waals surface area contributed by atoms with Crippen LogP contribution in [0.4, 0.5) is 5.69 Å². The molecule has 0 bridgehead atoms. The molecule has 1 fully saturated rings. The average Bonchev–Trinajstić information content (AvgIpc) is 2.96. The molecule has 1 unspecified atom stereocenters. The van der Waals surface area contributed by atoms with Crippen LogP contribution in [0.15, 0.2) is 48.5 Å². The normalized spacial score (nSPS) is 22.8. The van der Waals surface area contributed by atoms with Crippen molar-refractivity contribution < 1.29 is 29.3 Å². The summed E-state index contributed by atoms with van der Waals surface area (Å²) in [5.74, 6) is 2.12. The minimum absolute atomic E-state index is 0.0166. The van der Waals surface area contributed by atoms with Gasteiger partial charge < -0.3 is 24.4 Å². The topological polar surface area (TPSA) is 111 Å². The standard InChI is InChI=1S/C34H37NO7/c1-33(2)30-20-24-16-22(19-29(41-5)32(24)42-34(30,3)15-14-31(33)37)6-7-23-17-27(36)26(28(18-23)40-4)13-10-21-8-11-25(12-9-21)35(38)39/h6-13,16-19,30-31,36-37H,14-15,20H2,1-5H3/b7-6+,13-10+/t30?,31-,34-/m1/s1. The summed E-state index contributed by atoms with van der Waals surface area (Å²) in [6.07, 6.45) is 9.23. The van der Waals surface area contributed by atoms with Gasteiger partial charge in [0.1, 0.15) is 17.1 Å². The van der Waals surface area contributed by atoms with Gasteiger partial charge in [-0.3, -0.25) is 10.1 Å². The number of rotatable bonds is 7. The summed E-state index contributed by atoms with van der Waals surface area (Å²) in [5, 5.41) is 32.5. The van der Waals surface area contributed by atoms with E-state index in [2.05, 4.69) is 26.8 Å². The molecule has 1 aliphatic heterocycles. The number of non-ortho nitro benzene ring substituents is 1. The number of nitro benzene ring substituents is 1. The second-order valence-electron chi connectivity index (χ2n) is 11.9. The van der Waals surface area contributed by atoms with Crippen LogP contribution in [0.25, 0.3) is 24.3 Å². The second-order valence-corrected chi connectivity index (χ2v) is 11.9. The third-order valence-corrected chi connectivity index (χ3v) is 8.92. The SMILES string of the molecule is COc1cc(/C=C/c2cc3c(c(OC)c2)O[C@]2(C)CC[C@@H](O)C(C)(C)C2C3)cc(O)c1/C=C/c1ccc([N+](=O)[O-])cc1. The van der Waals surface area contributed by atoms with E-state index in [0.717, 1.165) is 40.8 Å². The summed E-state index contributed by atoms with van der Waals surface area (Å²) in [4.78, 5) is 10.5. The lowest BCUT2D eigenvalue weighted by Crippen LogP contribution is -2.58. The zero-order valence-corrected chi connectivity index (χ0v) is 24.6. The van der Waals surface area contributed by atoms with E-state index in [1.165, 1.54) is 19.2 Å². The Morgan fingerprint density at radius 2 is 1.55 bits per heavy atom. The van der Waals surface area contributed by atoms with Crippen molar-refractivity contribution >= 4 is 30.0 Å². The maximum atomic E-state index is 10.9. The highest BCUT2D eigenvalue weighted by atomic mass is 16.6. The molecule has 0 amide bonds. The van der Waals surface area contributed by atoms with E-state index < -0.39 is 4.92 Å². The van der Waals surface area contributed by atoms with Crippen LogP contribution in [0.1, 0.15) is 61.4 Å². The lowest BCUT2D eigenvalue weighted by molar-refractivity contribution is -0.384. The van der Waals surface area contributed by atoms with Gasteiger partial charge in [-0.15, -0.1) is 0 Å². The van der Waals surface area contributed by atoms with Crippen LogP contribution >= 0.6 is 0 Å². The van der Waals surface area contributed by atoms with E-state index in [4.69, 9.17) is 14.2 Å². The van der Waals surface area contributed by atoms with Crippen LogP contribution in [0, 0.1) is 21.4 Å². The van der Waals surface area contributed by atoms with Gasteiger partial charge in [-0.25, -0.2) is 0 Å². The van der Waals surface area contributed by atoms with Crippen molar-refractivity contribution in [1.82, 2.24) is 0 Å². The summed E-state index contributed by atoms with van der Waals surface area (Å²) in [5.41, 5.74) is 3.33. The fourth-order valence-corrected chi connectivity index (χ4v) is 6.39. The molecular weight excluding hydrogens is 534 g/mol. The second kappa shape index (κ2) is 11.2. The third kappa shape index (κ3) is 5.46. The summed E-state index contributed by atoms with van der Waals surface area (Å²) >= 11 is 0. The molecule has 2 aliphatic rings. The van der Waals surface area contributed by atoms with E-state index in [0.29, 0.717) is 23.5 Å². The predicted octanol–water partition coefficient (Wildman–Crippen LogP) is 7.15. The quantitative estimate of drug-likeness (QED) is 0.176. The van der Waals surface area contributed by atoms with Gasteiger partial charge in [-0.05, 0) is 96.3 Å². The van der Waals surface area contributed by atoms with Crippen LogP contribution in [-0.4, -0.2) is 41.1 Å². The summed E-state index contributed by atoms with van der Waals surface area (Å²) in [6, 6.07) is 13.7. The predicted molar refractivity (Wildman–Crippen MR) is 164 cm³/mol. The fraction of sp³-hybridized carbons (Fsp3) is 0.353. The van der Waals surface area contributed by atoms with Crippen LogP contribution in [-0.2, 0) is 6.42 Å². The van der Waals surface area contributed by atoms with Crippen LogP contribution in [0.2, 0.25) is 0 Å². The molecule has 3 atom stereocenters. The number of phenolic OH excluding ortho intramolecular Hbond substituents is 1. The van der Waals surface area contributed by atoms with Gasteiger partial charge in [0.25, 0.3) is 5.69 Å². The van der Waals surface area contributed by atoms with Crippen molar-refractivity contribution in [3.05, 3.63) is 86.5 Å². The maximum Gasteiger partial charge on any atom is 0.269 e. The summed E-state index contributed by atoms with van der Waals surface area (Å²) in [6.45, 7) is 6.39. The van der Waals surface area contributed by atoms with Crippen LogP contribution < -0.4 is 14.2 Å². The number of phenols is 1. The number of hydrogen-bond donors (Lipinski definition) is 2. The molecule has 0 spiro atoms. The van der Waals surface area contributed by atoms with E-state index in [1.54, 1.807) is 37.5 Å². The van der Waals surface area contributed by atoms with Gasteiger partial charge in [0.2, 0.25) is 0 Å². The number of methoxy groups -OCH3 is 2. The molecule has 1 saturated carbocycles. The number of aliphatic hydroxyl groups excluding tert-OH is 1.